The van der Waals surface area contributed by atoms with Crippen LogP contribution in [0.2, 0.25) is 0 Å². The third-order valence-corrected chi connectivity index (χ3v) is 0.258. The molecule has 0 spiro atoms. The lowest BCUT2D eigenvalue weighted by molar-refractivity contribution is -0.138. The van der Waals surface area contributed by atoms with E-state index in [1.807, 2.05) is 0 Å². The number of hydrogen-bond acceptors (Lipinski definition) is 3. The summed E-state index contributed by atoms with van der Waals surface area (Å²) >= 11 is 0. The molecule has 0 rings (SSSR count). The second-order valence-electron chi connectivity index (χ2n) is 0.765. The van der Waals surface area contributed by atoms with Crippen LogP contribution >= 0.6 is 0 Å². The molecule has 0 saturated heterocycles. The van der Waals surface area contributed by atoms with Crippen molar-refractivity contribution in [2.45, 2.75) is 6.42 Å². The van der Waals surface area contributed by atoms with Crippen LogP contribution in [0.1, 0.15) is 6.42 Å². The van der Waals surface area contributed by atoms with E-state index in [1.165, 1.54) is 0 Å². The van der Waals surface area contributed by atoms with Gasteiger partial charge in [0.15, 0.2) is 0 Å². The Morgan fingerprint density at radius 2 is 2.14 bits per heavy atom. The molecule has 0 fully saturated rings. The van der Waals surface area contributed by atoms with E-state index in [4.69, 9.17) is 5.11 Å². The number of aldehydes is 1. The number of carbonyl (C=O) groups excluding carboxylic acids is 1. The predicted molar refractivity (Wildman–Crippen MR) is 23.3 cm³/mol. The zero-order chi connectivity index (χ0) is 4.99. The Hall–Kier alpha value is -0.900. The van der Waals surface area contributed by atoms with Gasteiger partial charge in [0, 0.05) is 0 Å². The normalized spacial score (nSPS) is 6.29. The lowest BCUT2D eigenvalue weighted by Crippen LogP contribution is -1.92. The van der Waals surface area contributed by atoms with Crippen molar-refractivity contribution in [3.05, 3.63) is 0 Å². The summed E-state index contributed by atoms with van der Waals surface area (Å²) in [5.41, 5.74) is 0. The van der Waals surface area contributed by atoms with Crippen LogP contribution in [0.25, 0.3) is 0 Å². The summed E-state index contributed by atoms with van der Waals surface area (Å²) in [6, 6.07) is 0. The zero-order valence-corrected chi connectivity index (χ0v) is 3.76. The first kappa shape index (κ1) is 9.44. The maximum absolute atomic E-state index is 9.37. The summed E-state index contributed by atoms with van der Waals surface area (Å²) in [4.78, 5) is 18.6. The van der Waals surface area contributed by atoms with Crippen LogP contribution in [-0.2, 0) is 9.59 Å². The largest absolute Gasteiger partial charge is 0.481 e. The van der Waals surface area contributed by atoms with Gasteiger partial charge in [0.1, 0.15) is 12.7 Å². The molecule has 0 aromatic carbocycles. The molecule has 0 aliphatic carbocycles. The van der Waals surface area contributed by atoms with Gasteiger partial charge in [0.05, 0.1) is 0 Å². The monoisotopic (exact) mass is 105 g/mol. The van der Waals surface area contributed by atoms with Gasteiger partial charge in [0.25, 0.3) is 0 Å². The summed E-state index contributed by atoms with van der Waals surface area (Å²) in [6.07, 6.45) is -0.0394. The molecule has 0 heterocycles. The number of aliphatic carboxylic acids is 1. The number of carboxylic acid groups (broad SMARTS) is 1. The Morgan fingerprint density at radius 3 is 2.14 bits per heavy atom. The van der Waals surface area contributed by atoms with Crippen LogP contribution in [0.15, 0.2) is 0 Å². The minimum atomic E-state index is -1.08. The smallest absolute Gasteiger partial charge is 0.310 e. The van der Waals surface area contributed by atoms with Crippen molar-refractivity contribution in [2.24, 2.45) is 0 Å². The van der Waals surface area contributed by atoms with E-state index in [2.05, 4.69) is 0 Å². The van der Waals surface area contributed by atoms with Gasteiger partial charge in [-0.2, -0.15) is 0 Å². The van der Waals surface area contributed by atoms with Crippen molar-refractivity contribution in [3.63, 3.8) is 0 Å². The average Bonchev–Trinajstić information content (AvgIpc) is 1.35. The minimum absolute atomic E-state index is 0. The molecule has 0 bridgehead atoms. The van der Waals surface area contributed by atoms with Gasteiger partial charge in [-0.3, -0.25) is 4.79 Å². The molecule has 0 unspecified atom stereocenters. The van der Waals surface area contributed by atoms with Gasteiger partial charge >= 0.3 is 5.97 Å². The van der Waals surface area contributed by atoms with Crippen LogP contribution < -0.4 is 6.15 Å². The van der Waals surface area contributed by atoms with E-state index in [0.717, 1.165) is 0 Å². The summed E-state index contributed by atoms with van der Waals surface area (Å²) < 4.78 is 0. The highest BCUT2D eigenvalue weighted by Crippen LogP contribution is 1.64. The van der Waals surface area contributed by atoms with Crippen molar-refractivity contribution in [1.29, 1.82) is 0 Å². The van der Waals surface area contributed by atoms with E-state index in [0.29, 0.717) is 6.29 Å². The Bertz CT molecular complexity index is 70.6. The van der Waals surface area contributed by atoms with Gasteiger partial charge in [0.2, 0.25) is 0 Å². The summed E-state index contributed by atoms with van der Waals surface area (Å²) in [7, 11) is 0. The van der Waals surface area contributed by atoms with Crippen LogP contribution in [0, 0.1) is 0 Å². The Morgan fingerprint density at radius 1 is 1.71 bits per heavy atom. The molecular weight excluding hydrogens is 98.0 g/mol. The van der Waals surface area contributed by atoms with Gasteiger partial charge in [-0.25, -0.2) is 0 Å². The number of carboxylic acids is 1. The molecule has 4 heteroatoms. The number of hydrogen-bond donors (Lipinski definition) is 2. The van der Waals surface area contributed by atoms with Crippen molar-refractivity contribution in [1.82, 2.24) is 6.15 Å². The first-order chi connectivity index (χ1) is 2.77. The molecule has 0 amide bonds. The molecule has 0 radical (unpaired) electrons. The molecule has 4 nitrogen and oxygen atoms in total. The first-order valence-corrected chi connectivity index (χ1v) is 1.43. The van der Waals surface area contributed by atoms with Crippen LogP contribution in [-0.4, -0.2) is 17.4 Å². The van der Waals surface area contributed by atoms with E-state index in [1.54, 1.807) is 0 Å². The molecular formula is C3H7NO3. The predicted octanol–water partition coefficient (Wildman–Crippen LogP) is -0.178. The van der Waals surface area contributed by atoms with Crippen LogP contribution in [0.5, 0.6) is 0 Å². The molecule has 42 valence electrons. The molecule has 0 aliphatic rings. The Kier molecular flexibility index (Phi) is 6.88. The van der Waals surface area contributed by atoms with Crippen molar-refractivity contribution in [3.8, 4) is 0 Å². The Labute approximate surface area is 40.7 Å². The molecule has 7 heavy (non-hydrogen) atoms. The highest BCUT2D eigenvalue weighted by atomic mass is 16.4. The van der Waals surface area contributed by atoms with E-state index in [9.17, 15) is 9.59 Å². The summed E-state index contributed by atoms with van der Waals surface area (Å²) in [5.74, 6) is -1.08. The molecule has 0 aliphatic heterocycles. The minimum Gasteiger partial charge on any atom is -0.481 e. The highest BCUT2D eigenvalue weighted by Gasteiger charge is 1.87. The van der Waals surface area contributed by atoms with Crippen LogP contribution in [0.3, 0.4) is 0 Å². The molecule has 0 aromatic heterocycles. The SMILES string of the molecule is N.O=CCC(=O)O. The fourth-order valence-corrected chi connectivity index (χ4v) is 0.0713. The molecule has 4 N–H and O–H groups in total. The van der Waals surface area contributed by atoms with Gasteiger partial charge in [-0.15, -0.1) is 0 Å². The molecule has 0 aromatic rings. The average molecular weight is 105 g/mol. The summed E-state index contributed by atoms with van der Waals surface area (Å²) in [5, 5.41) is 7.68. The zero-order valence-electron chi connectivity index (χ0n) is 3.76. The van der Waals surface area contributed by atoms with Gasteiger partial charge in [-0.1, -0.05) is 0 Å². The molecule has 0 atom stereocenters. The van der Waals surface area contributed by atoms with Crippen molar-refractivity contribution >= 4 is 12.3 Å². The second-order valence-corrected chi connectivity index (χ2v) is 0.765. The topological polar surface area (TPSA) is 89.4 Å². The fraction of sp³-hybridized carbons (Fsp3) is 0.333. The number of rotatable bonds is 2. The van der Waals surface area contributed by atoms with Gasteiger partial charge in [-0.05, 0) is 0 Å². The second kappa shape index (κ2) is 5.10. The van der Waals surface area contributed by atoms with E-state index in [-0.39, 0.29) is 12.6 Å². The lowest BCUT2D eigenvalue weighted by Gasteiger charge is -1.71. The van der Waals surface area contributed by atoms with E-state index >= 15 is 0 Å². The fourth-order valence-electron chi connectivity index (χ4n) is 0.0713. The van der Waals surface area contributed by atoms with Gasteiger partial charge < -0.3 is 16.1 Å². The van der Waals surface area contributed by atoms with Crippen LogP contribution in [0.4, 0.5) is 0 Å². The maximum Gasteiger partial charge on any atom is 0.310 e. The third-order valence-electron chi connectivity index (χ3n) is 0.258. The summed E-state index contributed by atoms with van der Waals surface area (Å²) in [6.45, 7) is 0. The number of carbonyl (C=O) groups is 2. The quantitative estimate of drug-likeness (QED) is 0.376. The standard InChI is InChI=1S/C3H4O3.H3N/c4-2-1-3(5)6;/h2H,1H2,(H,5,6);1H3. The Balaban J connectivity index is 0. The first-order valence-electron chi connectivity index (χ1n) is 1.43. The maximum atomic E-state index is 9.37. The van der Waals surface area contributed by atoms with Crippen molar-refractivity contribution in [2.75, 3.05) is 0 Å². The molecule has 0 saturated carbocycles. The lowest BCUT2D eigenvalue weighted by atomic mass is 10.5. The highest BCUT2D eigenvalue weighted by molar-refractivity contribution is 5.81. The van der Waals surface area contributed by atoms with E-state index < -0.39 is 5.97 Å². The van der Waals surface area contributed by atoms with Crippen molar-refractivity contribution < 1.29 is 14.7 Å². The third kappa shape index (κ3) is 11.1.